The summed E-state index contributed by atoms with van der Waals surface area (Å²) in [6.07, 6.45) is 2.48. The highest BCUT2D eigenvalue weighted by molar-refractivity contribution is 6.29. The minimum Gasteiger partial charge on any atom is -0.336 e. The van der Waals surface area contributed by atoms with Gasteiger partial charge < -0.3 is 9.69 Å². The van der Waals surface area contributed by atoms with Crippen LogP contribution in [0.5, 0.6) is 0 Å². The van der Waals surface area contributed by atoms with E-state index in [0.717, 1.165) is 18.4 Å². The molecule has 20 heavy (non-hydrogen) atoms. The Morgan fingerprint density at radius 1 is 1.60 bits per heavy atom. The Labute approximate surface area is 122 Å². The number of hydroxylamine groups is 1. The lowest BCUT2D eigenvalue weighted by atomic mass is 10.3. The summed E-state index contributed by atoms with van der Waals surface area (Å²) < 4.78 is 0. The fraction of sp³-hybridized carbons (Fsp3) is 0.417. The number of aromatic nitrogens is 1. The van der Waals surface area contributed by atoms with Gasteiger partial charge in [-0.15, -0.1) is 0 Å². The Kier molecular flexibility index (Phi) is 5.28. The number of nitrogens with zero attached hydrogens (tertiary/aromatic N) is 4. The molecule has 0 aromatic carbocycles. The molecule has 1 aliphatic heterocycles. The molecule has 0 saturated heterocycles. The summed E-state index contributed by atoms with van der Waals surface area (Å²) in [5.74, 6) is 0.670. The van der Waals surface area contributed by atoms with Gasteiger partial charge in [0.15, 0.2) is 0 Å². The highest BCUT2D eigenvalue weighted by Crippen LogP contribution is 2.10. The van der Waals surface area contributed by atoms with Gasteiger partial charge in [-0.25, -0.2) is 4.98 Å². The standard InChI is InChI=1S/C12H16ClN5O2/c1-20-18(6-7-19)16-12-14-4-5-17(12)9-10-2-3-11(13)15-8-10/h2-3,7-8H,4-6,9H2,1H3,(H,14,16). The van der Waals surface area contributed by atoms with E-state index in [9.17, 15) is 4.79 Å². The van der Waals surface area contributed by atoms with Crippen molar-refractivity contribution in [2.75, 3.05) is 26.7 Å². The summed E-state index contributed by atoms with van der Waals surface area (Å²) in [6, 6.07) is 3.68. The molecule has 2 rings (SSSR count). The summed E-state index contributed by atoms with van der Waals surface area (Å²) in [7, 11) is 1.49. The minimum absolute atomic E-state index is 0.117. The van der Waals surface area contributed by atoms with Gasteiger partial charge in [0.1, 0.15) is 18.0 Å². The molecule has 7 nitrogen and oxygen atoms in total. The molecule has 0 radical (unpaired) electrons. The lowest BCUT2D eigenvalue weighted by Gasteiger charge is -2.25. The lowest BCUT2D eigenvalue weighted by molar-refractivity contribution is -0.159. The van der Waals surface area contributed by atoms with Crippen molar-refractivity contribution < 1.29 is 9.63 Å². The van der Waals surface area contributed by atoms with Crippen molar-refractivity contribution in [3.63, 3.8) is 0 Å². The molecule has 1 N–H and O–H groups in total. The smallest absolute Gasteiger partial charge is 0.211 e. The molecule has 1 aliphatic rings. The maximum absolute atomic E-state index is 10.5. The summed E-state index contributed by atoms with van der Waals surface area (Å²) >= 11 is 5.76. The maximum atomic E-state index is 10.5. The molecular formula is C12H16ClN5O2. The molecule has 1 aromatic rings. The van der Waals surface area contributed by atoms with Crippen molar-refractivity contribution in [3.8, 4) is 0 Å². The summed E-state index contributed by atoms with van der Waals surface area (Å²) in [5, 5.41) is 1.79. The Morgan fingerprint density at radius 3 is 3.10 bits per heavy atom. The van der Waals surface area contributed by atoms with Crippen LogP contribution in [0, 0.1) is 0 Å². The molecule has 0 atom stereocenters. The van der Waals surface area contributed by atoms with Gasteiger partial charge in [0.25, 0.3) is 0 Å². The van der Waals surface area contributed by atoms with Crippen molar-refractivity contribution >= 4 is 23.8 Å². The number of aliphatic imine (C=N–C) groups is 1. The Hall–Kier alpha value is -1.70. The third kappa shape index (κ3) is 3.89. The van der Waals surface area contributed by atoms with Crippen LogP contribution in [-0.4, -0.2) is 54.0 Å². The van der Waals surface area contributed by atoms with E-state index in [1.54, 1.807) is 12.3 Å². The fourth-order valence-electron chi connectivity index (χ4n) is 1.81. The van der Waals surface area contributed by atoms with E-state index in [2.05, 4.69) is 15.4 Å². The molecule has 0 aliphatic carbocycles. The third-order valence-corrected chi connectivity index (χ3v) is 3.00. The first-order valence-corrected chi connectivity index (χ1v) is 6.52. The monoisotopic (exact) mass is 297 g/mol. The van der Waals surface area contributed by atoms with Gasteiger partial charge in [-0.05, 0) is 11.6 Å². The van der Waals surface area contributed by atoms with E-state index in [-0.39, 0.29) is 6.54 Å². The number of hydrogen-bond acceptors (Lipinski definition) is 7. The van der Waals surface area contributed by atoms with Gasteiger partial charge in [0.05, 0.1) is 13.7 Å². The van der Waals surface area contributed by atoms with Crippen molar-refractivity contribution in [2.24, 2.45) is 4.99 Å². The molecule has 0 amide bonds. The van der Waals surface area contributed by atoms with E-state index in [1.807, 2.05) is 11.0 Å². The number of hydrazine groups is 1. The Bertz CT molecular complexity index is 479. The van der Waals surface area contributed by atoms with Crippen LogP contribution in [0.1, 0.15) is 5.56 Å². The number of pyridine rings is 1. The van der Waals surface area contributed by atoms with Crippen LogP contribution in [0.3, 0.4) is 0 Å². The average molecular weight is 298 g/mol. The van der Waals surface area contributed by atoms with Crippen LogP contribution in [0.4, 0.5) is 0 Å². The first kappa shape index (κ1) is 14.7. The number of nitrogens with one attached hydrogen (secondary N) is 1. The Balaban J connectivity index is 1.96. The van der Waals surface area contributed by atoms with Crippen LogP contribution in [-0.2, 0) is 16.2 Å². The van der Waals surface area contributed by atoms with Crippen LogP contribution in [0.15, 0.2) is 23.3 Å². The molecule has 0 saturated carbocycles. The van der Waals surface area contributed by atoms with Gasteiger partial charge in [-0.3, -0.25) is 15.3 Å². The van der Waals surface area contributed by atoms with Gasteiger partial charge in [0, 0.05) is 19.3 Å². The first-order valence-electron chi connectivity index (χ1n) is 6.14. The number of carbonyl (C=O) groups is 1. The second-order valence-corrected chi connectivity index (χ2v) is 4.53. The highest BCUT2D eigenvalue weighted by atomic mass is 35.5. The number of rotatable bonds is 6. The SMILES string of the molecule is CON(CC=O)NC1=NCCN1Cc1ccc(Cl)nc1. The Morgan fingerprint density at radius 2 is 2.45 bits per heavy atom. The molecule has 8 heteroatoms. The van der Waals surface area contributed by atoms with Crippen molar-refractivity contribution in [3.05, 3.63) is 29.0 Å². The quantitative estimate of drug-likeness (QED) is 0.468. The van der Waals surface area contributed by atoms with Crippen LogP contribution < -0.4 is 5.43 Å². The molecule has 0 fully saturated rings. The second kappa shape index (κ2) is 7.18. The lowest BCUT2D eigenvalue weighted by Crippen LogP contribution is -2.48. The van der Waals surface area contributed by atoms with Gasteiger partial charge in [0.2, 0.25) is 5.96 Å². The normalized spacial score (nSPS) is 14.6. The van der Waals surface area contributed by atoms with Crippen molar-refractivity contribution in [1.29, 1.82) is 0 Å². The summed E-state index contributed by atoms with van der Waals surface area (Å²) in [6.45, 7) is 2.27. The van der Waals surface area contributed by atoms with Crippen LogP contribution in [0.2, 0.25) is 5.15 Å². The number of aldehydes is 1. The van der Waals surface area contributed by atoms with Crippen molar-refractivity contribution in [1.82, 2.24) is 20.5 Å². The van der Waals surface area contributed by atoms with Gasteiger partial charge >= 0.3 is 0 Å². The number of halogens is 1. The fourth-order valence-corrected chi connectivity index (χ4v) is 1.92. The third-order valence-electron chi connectivity index (χ3n) is 2.78. The topological polar surface area (TPSA) is 70.1 Å². The summed E-state index contributed by atoms with van der Waals surface area (Å²) in [5.41, 5.74) is 3.99. The van der Waals surface area contributed by atoms with E-state index in [1.165, 1.54) is 12.3 Å². The van der Waals surface area contributed by atoms with E-state index < -0.39 is 0 Å². The maximum Gasteiger partial charge on any atom is 0.211 e. The van der Waals surface area contributed by atoms with E-state index in [4.69, 9.17) is 16.4 Å². The van der Waals surface area contributed by atoms with Gasteiger partial charge in [-0.2, -0.15) is 0 Å². The predicted octanol–water partition coefficient (Wildman–Crippen LogP) is 0.474. The summed E-state index contributed by atoms with van der Waals surface area (Å²) in [4.78, 5) is 26.0. The van der Waals surface area contributed by atoms with E-state index >= 15 is 0 Å². The molecule has 1 aromatic heterocycles. The zero-order valence-electron chi connectivity index (χ0n) is 11.1. The number of hydrogen-bond donors (Lipinski definition) is 1. The molecule has 0 spiro atoms. The van der Waals surface area contributed by atoms with E-state index in [0.29, 0.717) is 24.2 Å². The largest absolute Gasteiger partial charge is 0.336 e. The van der Waals surface area contributed by atoms with Gasteiger partial charge in [-0.1, -0.05) is 22.8 Å². The first-order chi connectivity index (χ1) is 9.72. The molecule has 0 unspecified atom stereocenters. The van der Waals surface area contributed by atoms with Crippen LogP contribution >= 0.6 is 11.6 Å². The predicted molar refractivity (Wildman–Crippen MR) is 74.9 cm³/mol. The average Bonchev–Trinajstić information content (AvgIpc) is 2.88. The minimum atomic E-state index is 0.117. The molecule has 2 heterocycles. The molecule has 108 valence electrons. The number of guanidine groups is 1. The zero-order chi connectivity index (χ0) is 14.4. The second-order valence-electron chi connectivity index (χ2n) is 4.14. The van der Waals surface area contributed by atoms with Crippen LogP contribution in [0.25, 0.3) is 0 Å². The zero-order valence-corrected chi connectivity index (χ0v) is 11.9. The molecular weight excluding hydrogens is 282 g/mol. The molecule has 0 bridgehead atoms. The number of carbonyl (C=O) groups excluding carboxylic acids is 1. The highest BCUT2D eigenvalue weighted by Gasteiger charge is 2.19. The van der Waals surface area contributed by atoms with Crippen molar-refractivity contribution in [2.45, 2.75) is 6.54 Å².